The minimum absolute atomic E-state index is 0.811. The molecule has 6 heteroatoms. The van der Waals surface area contributed by atoms with Crippen molar-refractivity contribution in [1.29, 1.82) is 0 Å². The number of aromatic nitrogens is 3. The van der Waals surface area contributed by atoms with Crippen LogP contribution in [0.1, 0.15) is 17.6 Å². The Hall–Kier alpha value is -1.53. The Morgan fingerprint density at radius 2 is 2.19 bits per heavy atom. The molecule has 108 valence electrons. The fourth-order valence-corrected chi connectivity index (χ4v) is 3.25. The number of hydrogen-bond acceptors (Lipinski definition) is 5. The predicted molar refractivity (Wildman–Crippen MR) is 90.9 cm³/mol. The first-order valence-electron chi connectivity index (χ1n) is 6.83. The van der Waals surface area contributed by atoms with Crippen LogP contribution in [0, 0.1) is 0 Å². The van der Waals surface area contributed by atoms with Gasteiger partial charge in [-0.2, -0.15) is 0 Å². The number of fused-ring (bicyclic) bond motifs is 1. The fourth-order valence-electron chi connectivity index (χ4n) is 2.10. The van der Waals surface area contributed by atoms with E-state index in [0.717, 1.165) is 46.3 Å². The molecule has 0 unspecified atom stereocenters. The molecule has 3 rings (SSSR count). The Labute approximate surface area is 135 Å². The molecule has 1 aromatic carbocycles. The average molecular weight is 363 g/mol. The topological polar surface area (TPSA) is 50.7 Å². The molecule has 2 heterocycles. The second-order valence-electron chi connectivity index (χ2n) is 4.65. The van der Waals surface area contributed by atoms with E-state index in [2.05, 4.69) is 48.5 Å². The lowest BCUT2D eigenvalue weighted by Crippen LogP contribution is -2.07. The van der Waals surface area contributed by atoms with Gasteiger partial charge in [0.15, 0.2) is 0 Å². The third-order valence-electron chi connectivity index (χ3n) is 3.17. The number of nitrogens with zero attached hydrogens (tertiary/aromatic N) is 3. The summed E-state index contributed by atoms with van der Waals surface area (Å²) in [5.41, 5.74) is 2.08. The van der Waals surface area contributed by atoms with Crippen molar-refractivity contribution in [3.63, 3.8) is 0 Å². The number of benzene rings is 1. The minimum Gasteiger partial charge on any atom is -0.369 e. The molecular formula is C15H15BrN4S. The smallest absolute Gasteiger partial charge is 0.137 e. The van der Waals surface area contributed by atoms with Crippen LogP contribution in [-0.2, 0) is 12.8 Å². The molecule has 0 saturated carbocycles. The molecule has 0 amide bonds. The lowest BCUT2D eigenvalue weighted by atomic mass is 10.2. The van der Waals surface area contributed by atoms with Gasteiger partial charge in [0.2, 0.25) is 0 Å². The summed E-state index contributed by atoms with van der Waals surface area (Å²) in [6, 6.07) is 6.01. The summed E-state index contributed by atoms with van der Waals surface area (Å²) < 4.78 is 1.03. The van der Waals surface area contributed by atoms with Gasteiger partial charge in [0.25, 0.3) is 0 Å². The van der Waals surface area contributed by atoms with Gasteiger partial charge in [0.1, 0.15) is 12.1 Å². The Balaban J connectivity index is 1.71. The van der Waals surface area contributed by atoms with Crippen molar-refractivity contribution in [2.24, 2.45) is 0 Å². The molecule has 0 radical (unpaired) electrons. The van der Waals surface area contributed by atoms with E-state index in [9.17, 15) is 0 Å². The number of rotatable bonds is 5. The summed E-state index contributed by atoms with van der Waals surface area (Å²) in [6.45, 7) is 2.94. The number of anilines is 1. The molecule has 0 bridgehead atoms. The maximum Gasteiger partial charge on any atom is 0.137 e. The monoisotopic (exact) mass is 362 g/mol. The van der Waals surface area contributed by atoms with E-state index in [1.54, 1.807) is 17.7 Å². The normalized spacial score (nSPS) is 11.0. The highest BCUT2D eigenvalue weighted by Crippen LogP contribution is 2.23. The summed E-state index contributed by atoms with van der Waals surface area (Å²) in [4.78, 5) is 13.2. The second kappa shape index (κ2) is 6.49. The predicted octanol–water partition coefficient (Wildman–Crippen LogP) is 4.07. The molecule has 0 aliphatic carbocycles. The van der Waals surface area contributed by atoms with Crippen molar-refractivity contribution in [1.82, 2.24) is 15.0 Å². The minimum atomic E-state index is 0.811. The Morgan fingerprint density at radius 3 is 3.00 bits per heavy atom. The maximum atomic E-state index is 4.57. The average Bonchev–Trinajstić information content (AvgIpc) is 2.96. The van der Waals surface area contributed by atoms with Crippen molar-refractivity contribution in [2.75, 3.05) is 11.9 Å². The standard InChI is InChI=1S/C15H15BrN4S/c1-2-14-20-11(8-21-14)5-6-17-15-12-7-10(16)3-4-13(12)18-9-19-15/h3-4,7-9H,2,5-6H2,1H3,(H,17,18,19). The van der Waals surface area contributed by atoms with E-state index < -0.39 is 0 Å². The van der Waals surface area contributed by atoms with Crippen molar-refractivity contribution in [3.8, 4) is 0 Å². The molecule has 0 aliphatic heterocycles. The van der Waals surface area contributed by atoms with Gasteiger partial charge in [-0.15, -0.1) is 11.3 Å². The first-order chi connectivity index (χ1) is 10.3. The molecule has 2 aromatic heterocycles. The van der Waals surface area contributed by atoms with E-state index >= 15 is 0 Å². The van der Waals surface area contributed by atoms with Crippen LogP contribution in [0.4, 0.5) is 5.82 Å². The molecule has 3 aromatic rings. The molecular weight excluding hydrogens is 348 g/mol. The van der Waals surface area contributed by atoms with Crippen molar-refractivity contribution < 1.29 is 0 Å². The van der Waals surface area contributed by atoms with Crippen LogP contribution < -0.4 is 5.32 Å². The largest absolute Gasteiger partial charge is 0.369 e. The fraction of sp³-hybridized carbons (Fsp3) is 0.267. The third-order valence-corrected chi connectivity index (χ3v) is 4.71. The van der Waals surface area contributed by atoms with Gasteiger partial charge in [-0.25, -0.2) is 15.0 Å². The van der Waals surface area contributed by atoms with Crippen LogP contribution >= 0.6 is 27.3 Å². The number of aryl methyl sites for hydroxylation is 1. The van der Waals surface area contributed by atoms with Crippen LogP contribution in [0.15, 0.2) is 34.4 Å². The Kier molecular flexibility index (Phi) is 4.45. The van der Waals surface area contributed by atoms with Gasteiger partial charge in [-0.1, -0.05) is 22.9 Å². The van der Waals surface area contributed by atoms with Gasteiger partial charge in [-0.05, 0) is 24.6 Å². The van der Waals surface area contributed by atoms with E-state index in [0.29, 0.717) is 0 Å². The SMILES string of the molecule is CCc1nc(CCNc2ncnc3ccc(Br)cc23)cs1. The number of nitrogens with one attached hydrogen (secondary N) is 1. The Morgan fingerprint density at radius 1 is 1.29 bits per heavy atom. The van der Waals surface area contributed by atoms with Crippen LogP contribution in [0.5, 0.6) is 0 Å². The first kappa shape index (κ1) is 14.4. The van der Waals surface area contributed by atoms with E-state index in [4.69, 9.17) is 0 Å². The first-order valence-corrected chi connectivity index (χ1v) is 8.51. The van der Waals surface area contributed by atoms with Crippen LogP contribution in [-0.4, -0.2) is 21.5 Å². The number of hydrogen-bond donors (Lipinski definition) is 1. The van der Waals surface area contributed by atoms with Crippen LogP contribution in [0.3, 0.4) is 0 Å². The van der Waals surface area contributed by atoms with Gasteiger partial charge in [0.05, 0.1) is 16.2 Å². The quantitative estimate of drug-likeness (QED) is 0.743. The maximum absolute atomic E-state index is 4.57. The molecule has 0 fully saturated rings. The highest BCUT2D eigenvalue weighted by atomic mass is 79.9. The lowest BCUT2D eigenvalue weighted by Gasteiger charge is -2.07. The van der Waals surface area contributed by atoms with Gasteiger partial charge in [-0.3, -0.25) is 0 Å². The lowest BCUT2D eigenvalue weighted by molar-refractivity contribution is 0.945. The van der Waals surface area contributed by atoms with E-state index in [-0.39, 0.29) is 0 Å². The summed E-state index contributed by atoms with van der Waals surface area (Å²) >= 11 is 5.22. The zero-order chi connectivity index (χ0) is 14.7. The van der Waals surface area contributed by atoms with Gasteiger partial charge >= 0.3 is 0 Å². The molecule has 0 aliphatic rings. The van der Waals surface area contributed by atoms with Crippen molar-refractivity contribution >= 4 is 44.0 Å². The summed E-state index contributed by atoms with van der Waals surface area (Å²) in [7, 11) is 0. The third kappa shape index (κ3) is 3.39. The van der Waals surface area contributed by atoms with Crippen molar-refractivity contribution in [3.05, 3.63) is 45.1 Å². The summed E-state index contributed by atoms with van der Waals surface area (Å²) in [6.07, 6.45) is 3.50. The van der Waals surface area contributed by atoms with Crippen molar-refractivity contribution in [2.45, 2.75) is 19.8 Å². The number of halogens is 1. The number of thiazole rings is 1. The van der Waals surface area contributed by atoms with Gasteiger partial charge in [0, 0.05) is 28.2 Å². The van der Waals surface area contributed by atoms with Crippen LogP contribution in [0.2, 0.25) is 0 Å². The molecule has 4 nitrogen and oxygen atoms in total. The zero-order valence-corrected chi connectivity index (χ0v) is 14.0. The highest BCUT2D eigenvalue weighted by Gasteiger charge is 2.05. The molecule has 0 spiro atoms. The highest BCUT2D eigenvalue weighted by molar-refractivity contribution is 9.10. The summed E-state index contributed by atoms with van der Waals surface area (Å²) in [5, 5.41) is 7.74. The zero-order valence-electron chi connectivity index (χ0n) is 11.6. The Bertz CT molecular complexity index is 756. The van der Waals surface area contributed by atoms with E-state index in [1.165, 1.54) is 5.01 Å². The second-order valence-corrected chi connectivity index (χ2v) is 6.50. The molecule has 0 atom stereocenters. The molecule has 21 heavy (non-hydrogen) atoms. The summed E-state index contributed by atoms with van der Waals surface area (Å²) in [5.74, 6) is 0.868. The molecule has 1 N–H and O–H groups in total. The van der Waals surface area contributed by atoms with Crippen LogP contribution in [0.25, 0.3) is 10.9 Å². The molecule has 0 saturated heterocycles. The van der Waals surface area contributed by atoms with E-state index in [1.807, 2.05) is 18.2 Å². The van der Waals surface area contributed by atoms with Gasteiger partial charge < -0.3 is 5.32 Å².